The molecule has 0 aliphatic carbocycles. The third-order valence-corrected chi connectivity index (χ3v) is 4.26. The average Bonchev–Trinajstić information content (AvgIpc) is 2.71. The van der Waals surface area contributed by atoms with Crippen LogP contribution in [0.5, 0.6) is 0 Å². The smallest absolute Gasteiger partial charge is 0.302 e. The molecule has 0 atom stereocenters. The van der Waals surface area contributed by atoms with Gasteiger partial charge in [0, 0.05) is 31.5 Å². The lowest BCUT2D eigenvalue weighted by Gasteiger charge is -2.23. The van der Waals surface area contributed by atoms with E-state index in [0.717, 1.165) is 22.0 Å². The number of rotatable bonds is 4. The minimum atomic E-state index is -0.155. The van der Waals surface area contributed by atoms with Crippen molar-refractivity contribution in [3.63, 3.8) is 0 Å². The van der Waals surface area contributed by atoms with Crippen molar-refractivity contribution in [2.24, 2.45) is 4.99 Å². The molecule has 0 saturated heterocycles. The maximum absolute atomic E-state index is 12.7. The normalized spacial score (nSPS) is 11.2. The Hall–Kier alpha value is -3.40. The molecule has 130 valence electrons. The van der Waals surface area contributed by atoms with Crippen molar-refractivity contribution in [2.45, 2.75) is 0 Å². The number of hydrogen-bond donors (Lipinski definition) is 0. The highest BCUT2D eigenvalue weighted by Crippen LogP contribution is 2.23. The van der Waals surface area contributed by atoms with Crippen LogP contribution in [0.2, 0.25) is 0 Å². The Labute approximate surface area is 153 Å². The topological polar surface area (TPSA) is 35.9 Å². The van der Waals surface area contributed by atoms with Crippen LogP contribution in [-0.2, 0) is 0 Å². The monoisotopic (exact) mass is 343 g/mol. The van der Waals surface area contributed by atoms with Crippen LogP contribution in [0.15, 0.2) is 84.0 Å². The number of amides is 2. The third-order valence-electron chi connectivity index (χ3n) is 4.26. The van der Waals surface area contributed by atoms with Crippen LogP contribution in [0.25, 0.3) is 16.5 Å². The van der Waals surface area contributed by atoms with E-state index >= 15 is 0 Å². The van der Waals surface area contributed by atoms with E-state index in [-0.39, 0.29) is 6.03 Å². The molecule has 0 N–H and O–H groups in total. The van der Waals surface area contributed by atoms with Crippen LogP contribution in [-0.4, -0.2) is 31.7 Å². The molecule has 0 unspecified atom stereocenters. The number of carbonyl (C=O) groups is 1. The van der Waals surface area contributed by atoms with Crippen molar-refractivity contribution < 1.29 is 4.79 Å². The number of urea groups is 1. The predicted octanol–water partition coefficient (Wildman–Crippen LogP) is 5.03. The van der Waals surface area contributed by atoms with Gasteiger partial charge in [-0.25, -0.2) is 4.79 Å². The van der Waals surface area contributed by atoms with Gasteiger partial charge in [0.25, 0.3) is 0 Å². The molecule has 3 aromatic rings. The standard InChI is InChI=1S/C22H21N3O/c1-23-21(19-14-13-17-9-7-8-10-18(17)15-19)16-24(2)22(26)25(3)20-11-5-4-6-12-20/h4-16H,1H2,2-3H3. The van der Waals surface area contributed by atoms with E-state index in [9.17, 15) is 4.79 Å². The molecule has 0 bridgehead atoms. The zero-order valence-corrected chi connectivity index (χ0v) is 15.0. The van der Waals surface area contributed by atoms with Crippen LogP contribution in [0.1, 0.15) is 5.56 Å². The lowest BCUT2D eigenvalue weighted by atomic mass is 10.1. The molecule has 3 rings (SSSR count). The fourth-order valence-electron chi connectivity index (χ4n) is 2.79. The van der Waals surface area contributed by atoms with Gasteiger partial charge in [-0.2, -0.15) is 0 Å². The molecule has 0 aromatic heterocycles. The van der Waals surface area contributed by atoms with Gasteiger partial charge in [0.05, 0.1) is 5.70 Å². The Morgan fingerprint density at radius 2 is 1.58 bits per heavy atom. The van der Waals surface area contributed by atoms with Crippen LogP contribution in [0, 0.1) is 0 Å². The zero-order chi connectivity index (χ0) is 18.5. The second-order valence-corrected chi connectivity index (χ2v) is 6.02. The van der Waals surface area contributed by atoms with Crippen LogP contribution < -0.4 is 4.90 Å². The summed E-state index contributed by atoms with van der Waals surface area (Å²) in [6, 6.07) is 23.6. The molecule has 0 spiro atoms. The van der Waals surface area contributed by atoms with E-state index in [1.165, 1.54) is 4.90 Å². The summed E-state index contributed by atoms with van der Waals surface area (Å²) in [7, 11) is 3.47. The molecule has 2 amide bonds. The van der Waals surface area contributed by atoms with E-state index in [1.54, 1.807) is 25.2 Å². The average molecular weight is 343 g/mol. The number of benzene rings is 3. The molecule has 0 heterocycles. The molecule has 26 heavy (non-hydrogen) atoms. The van der Waals surface area contributed by atoms with Gasteiger partial charge in [-0.3, -0.25) is 9.89 Å². The predicted molar refractivity (Wildman–Crippen MR) is 109 cm³/mol. The van der Waals surface area contributed by atoms with Gasteiger partial charge in [0.1, 0.15) is 0 Å². The first-order chi connectivity index (χ1) is 12.6. The van der Waals surface area contributed by atoms with Crippen molar-refractivity contribution in [2.75, 3.05) is 19.0 Å². The molecular weight excluding hydrogens is 322 g/mol. The lowest BCUT2D eigenvalue weighted by molar-refractivity contribution is 0.230. The number of anilines is 1. The number of aliphatic imine (C=N–C) groups is 1. The van der Waals surface area contributed by atoms with Crippen molar-refractivity contribution >= 4 is 34.9 Å². The molecule has 0 saturated carbocycles. The highest BCUT2D eigenvalue weighted by Gasteiger charge is 2.15. The summed E-state index contributed by atoms with van der Waals surface area (Å²) in [5, 5.41) is 2.28. The Kier molecular flexibility index (Phi) is 5.13. The summed E-state index contributed by atoms with van der Waals surface area (Å²) in [4.78, 5) is 19.9. The number of hydrogen-bond acceptors (Lipinski definition) is 2. The fraction of sp³-hybridized carbons (Fsp3) is 0.0909. The summed E-state index contributed by atoms with van der Waals surface area (Å²) in [5.74, 6) is 0. The number of fused-ring (bicyclic) bond motifs is 1. The minimum absolute atomic E-state index is 0.155. The molecule has 0 aliphatic heterocycles. The third kappa shape index (κ3) is 3.64. The molecule has 0 aliphatic rings. The van der Waals surface area contributed by atoms with E-state index < -0.39 is 0 Å². The van der Waals surface area contributed by atoms with Crippen LogP contribution in [0.3, 0.4) is 0 Å². The van der Waals surface area contributed by atoms with Gasteiger partial charge in [-0.15, -0.1) is 0 Å². The summed E-state index contributed by atoms with van der Waals surface area (Å²) < 4.78 is 0. The Morgan fingerprint density at radius 1 is 0.923 bits per heavy atom. The van der Waals surface area contributed by atoms with E-state index in [4.69, 9.17) is 0 Å². The molecule has 4 nitrogen and oxygen atoms in total. The second kappa shape index (κ2) is 7.66. The number of para-hydroxylation sites is 1. The molecule has 0 radical (unpaired) electrons. The minimum Gasteiger partial charge on any atom is -0.302 e. The van der Waals surface area contributed by atoms with Gasteiger partial charge in [0.15, 0.2) is 0 Å². The first-order valence-electron chi connectivity index (χ1n) is 8.33. The number of nitrogens with zero attached hydrogens (tertiary/aromatic N) is 3. The van der Waals surface area contributed by atoms with Crippen molar-refractivity contribution in [1.82, 2.24) is 4.90 Å². The maximum atomic E-state index is 12.7. The molecule has 4 heteroatoms. The van der Waals surface area contributed by atoms with Gasteiger partial charge in [-0.1, -0.05) is 54.6 Å². The van der Waals surface area contributed by atoms with Crippen LogP contribution in [0.4, 0.5) is 10.5 Å². The molecular formula is C22H21N3O. The van der Waals surface area contributed by atoms with Crippen LogP contribution >= 0.6 is 0 Å². The van der Waals surface area contributed by atoms with Crippen molar-refractivity contribution in [3.8, 4) is 0 Å². The van der Waals surface area contributed by atoms with Crippen molar-refractivity contribution in [1.29, 1.82) is 0 Å². The summed E-state index contributed by atoms with van der Waals surface area (Å²) in [6.07, 6.45) is 1.71. The van der Waals surface area contributed by atoms with E-state index in [1.807, 2.05) is 54.6 Å². The number of carbonyl (C=O) groups excluding carboxylic acids is 1. The molecule has 3 aromatic carbocycles. The first kappa shape index (κ1) is 17.4. The second-order valence-electron chi connectivity index (χ2n) is 6.02. The summed E-state index contributed by atoms with van der Waals surface area (Å²) >= 11 is 0. The van der Waals surface area contributed by atoms with Gasteiger partial charge < -0.3 is 4.90 Å². The summed E-state index contributed by atoms with van der Waals surface area (Å²) in [5.41, 5.74) is 2.39. The summed E-state index contributed by atoms with van der Waals surface area (Å²) in [6.45, 7) is 3.66. The SMILES string of the molecule is C=NC(=CN(C)C(=O)N(C)c1ccccc1)c1ccc2ccccc2c1. The molecule has 0 fully saturated rings. The fourth-order valence-corrected chi connectivity index (χ4v) is 2.79. The zero-order valence-electron chi connectivity index (χ0n) is 15.0. The Bertz CT molecular complexity index is 963. The highest BCUT2D eigenvalue weighted by molar-refractivity contribution is 5.93. The van der Waals surface area contributed by atoms with Crippen molar-refractivity contribution in [3.05, 3.63) is 84.6 Å². The Morgan fingerprint density at radius 3 is 2.27 bits per heavy atom. The first-order valence-corrected chi connectivity index (χ1v) is 8.33. The van der Waals surface area contributed by atoms with Gasteiger partial charge >= 0.3 is 6.03 Å². The maximum Gasteiger partial charge on any atom is 0.328 e. The largest absolute Gasteiger partial charge is 0.328 e. The van der Waals surface area contributed by atoms with Gasteiger partial charge in [-0.05, 0) is 35.7 Å². The quantitative estimate of drug-likeness (QED) is 0.612. The van der Waals surface area contributed by atoms with E-state index in [2.05, 4.69) is 29.9 Å². The van der Waals surface area contributed by atoms with E-state index in [0.29, 0.717) is 5.70 Å². The highest BCUT2D eigenvalue weighted by atomic mass is 16.2. The van der Waals surface area contributed by atoms with Gasteiger partial charge in [0.2, 0.25) is 0 Å². The Balaban J connectivity index is 1.87. The lowest BCUT2D eigenvalue weighted by Crippen LogP contribution is -2.35.